The molecular weight excluding hydrogens is 392 g/mol. The number of nitro benzene ring substituents is 1. The fourth-order valence-corrected chi connectivity index (χ4v) is 3.19. The topological polar surface area (TPSA) is 153 Å². The zero-order valence-corrected chi connectivity index (χ0v) is 15.3. The molecule has 0 aliphatic heterocycles. The lowest BCUT2D eigenvalue weighted by atomic mass is 9.82. The van der Waals surface area contributed by atoms with Gasteiger partial charge in [0.1, 0.15) is 0 Å². The predicted octanol–water partition coefficient (Wildman–Crippen LogP) is 1.97. The van der Waals surface area contributed by atoms with Crippen LogP contribution >= 0.6 is 0 Å². The van der Waals surface area contributed by atoms with Gasteiger partial charge in [-0.15, -0.1) is 4.36 Å². The molecule has 0 aromatic heterocycles. The molecule has 0 aliphatic carbocycles. The van der Waals surface area contributed by atoms with Crippen molar-refractivity contribution in [2.75, 3.05) is 7.11 Å². The molecule has 0 aliphatic rings. The van der Waals surface area contributed by atoms with Gasteiger partial charge < -0.3 is 9.84 Å². The number of nitro groups is 1. The van der Waals surface area contributed by atoms with E-state index in [0.717, 1.165) is 19.2 Å². The molecular formula is C17H14N2O8S. The Morgan fingerprint density at radius 2 is 1.79 bits per heavy atom. The summed E-state index contributed by atoms with van der Waals surface area (Å²) < 4.78 is 30.7. The third-order valence-corrected chi connectivity index (χ3v) is 4.43. The van der Waals surface area contributed by atoms with Crippen LogP contribution in [-0.4, -0.2) is 37.5 Å². The van der Waals surface area contributed by atoms with Gasteiger partial charge in [-0.3, -0.25) is 10.1 Å². The van der Waals surface area contributed by atoms with Crippen LogP contribution in [0, 0.1) is 10.1 Å². The highest BCUT2D eigenvalue weighted by Gasteiger charge is 2.44. The van der Waals surface area contributed by atoms with Crippen molar-refractivity contribution in [1.82, 2.24) is 0 Å². The highest BCUT2D eigenvalue weighted by Crippen LogP contribution is 2.34. The second kappa shape index (κ2) is 8.39. The monoisotopic (exact) mass is 406 g/mol. The van der Waals surface area contributed by atoms with Gasteiger partial charge in [0.15, 0.2) is 0 Å². The van der Waals surface area contributed by atoms with Crippen LogP contribution in [0.15, 0.2) is 52.9 Å². The fraction of sp³-hybridized carbons (Fsp3) is 0.176. The first-order chi connectivity index (χ1) is 13.2. The molecule has 146 valence electrons. The lowest BCUT2D eigenvalue weighted by Gasteiger charge is -2.25. The number of hydrogen-bond donors (Lipinski definition) is 1. The molecule has 0 fully saturated rings. The predicted molar refractivity (Wildman–Crippen MR) is 95.2 cm³/mol. The molecule has 1 atom stereocenters. The van der Waals surface area contributed by atoms with Crippen LogP contribution in [-0.2, 0) is 32.0 Å². The van der Waals surface area contributed by atoms with Crippen LogP contribution in [0.3, 0.4) is 0 Å². The van der Waals surface area contributed by atoms with Gasteiger partial charge in [0.05, 0.1) is 17.6 Å². The summed E-state index contributed by atoms with van der Waals surface area (Å²) in [4.78, 5) is 34.4. The fourth-order valence-electron chi connectivity index (χ4n) is 2.70. The van der Waals surface area contributed by atoms with E-state index in [9.17, 15) is 33.2 Å². The van der Waals surface area contributed by atoms with E-state index in [0.29, 0.717) is 0 Å². The Bertz CT molecular complexity index is 1050. The first-order valence-corrected chi connectivity index (χ1v) is 8.71. The number of rotatable bonds is 7. The summed E-state index contributed by atoms with van der Waals surface area (Å²) in [5.41, 5.74) is -2.67. The quantitative estimate of drug-likeness (QED) is 0.416. The van der Waals surface area contributed by atoms with E-state index in [2.05, 4.69) is 9.10 Å². The molecule has 11 heteroatoms. The maximum atomic E-state index is 12.2. The normalized spacial score (nSPS) is 12.5. The van der Waals surface area contributed by atoms with Crippen LogP contribution < -0.4 is 0 Å². The lowest BCUT2D eigenvalue weighted by molar-refractivity contribution is -0.384. The van der Waals surface area contributed by atoms with Crippen molar-refractivity contribution in [3.8, 4) is 0 Å². The molecule has 2 aromatic rings. The summed E-state index contributed by atoms with van der Waals surface area (Å²) in [6, 6.07) is 10.3. The van der Waals surface area contributed by atoms with Gasteiger partial charge in [-0.05, 0) is 11.6 Å². The van der Waals surface area contributed by atoms with Crippen molar-refractivity contribution in [2.24, 2.45) is 4.36 Å². The molecule has 0 unspecified atom stereocenters. The van der Waals surface area contributed by atoms with Crippen LogP contribution in [0.4, 0.5) is 5.69 Å². The number of carbonyl (C=O) groups is 2. The number of nitrogens with zero attached hydrogens (tertiary/aromatic N) is 2. The minimum atomic E-state index is -3.13. The van der Waals surface area contributed by atoms with E-state index in [4.69, 9.17) is 0 Å². The Morgan fingerprint density at radius 1 is 1.18 bits per heavy atom. The summed E-state index contributed by atoms with van der Waals surface area (Å²) in [5.74, 6) is -2.48. The van der Waals surface area contributed by atoms with Crippen molar-refractivity contribution in [3.05, 3.63) is 75.3 Å². The first kappa shape index (κ1) is 20.7. The molecule has 0 saturated carbocycles. The van der Waals surface area contributed by atoms with Gasteiger partial charge in [-0.2, -0.15) is 8.42 Å². The van der Waals surface area contributed by atoms with E-state index >= 15 is 0 Å². The third-order valence-electron chi connectivity index (χ3n) is 3.97. The Balaban J connectivity index is 2.72. The van der Waals surface area contributed by atoms with Crippen molar-refractivity contribution in [3.63, 3.8) is 0 Å². The molecule has 0 bridgehead atoms. The molecule has 0 saturated heterocycles. The minimum Gasteiger partial charge on any atom is -0.479 e. The number of methoxy groups -OCH3 is 1. The second-order valence-electron chi connectivity index (χ2n) is 5.61. The van der Waals surface area contributed by atoms with E-state index < -0.39 is 39.3 Å². The maximum absolute atomic E-state index is 12.2. The number of esters is 1. The first-order valence-electron chi connectivity index (χ1n) is 7.68. The minimum absolute atomic E-state index is 0.163. The van der Waals surface area contributed by atoms with E-state index in [1.807, 2.05) is 0 Å². The third kappa shape index (κ3) is 4.20. The average molecular weight is 406 g/mol. The molecule has 0 spiro atoms. The van der Waals surface area contributed by atoms with Crippen LogP contribution in [0.25, 0.3) is 0 Å². The zero-order valence-electron chi connectivity index (χ0n) is 14.4. The number of carboxylic acids is 1. The maximum Gasteiger partial charge on any atom is 0.338 e. The molecule has 1 N–H and O–H groups in total. The van der Waals surface area contributed by atoms with Crippen LogP contribution in [0.1, 0.15) is 21.5 Å². The number of carboxylic acid groups (broad SMARTS) is 1. The van der Waals surface area contributed by atoms with Gasteiger partial charge in [0.2, 0.25) is 5.54 Å². The highest BCUT2D eigenvalue weighted by atomic mass is 32.2. The van der Waals surface area contributed by atoms with Crippen molar-refractivity contribution in [2.45, 2.75) is 12.0 Å². The van der Waals surface area contributed by atoms with E-state index in [1.165, 1.54) is 36.4 Å². The molecule has 2 rings (SSSR count). The molecule has 0 radical (unpaired) electrons. The van der Waals surface area contributed by atoms with E-state index in [-0.39, 0.29) is 22.4 Å². The molecule has 2 aromatic carbocycles. The highest BCUT2D eigenvalue weighted by molar-refractivity contribution is 7.61. The Morgan fingerprint density at radius 3 is 2.29 bits per heavy atom. The summed E-state index contributed by atoms with van der Waals surface area (Å²) in [6.45, 7) is 0. The molecule has 10 nitrogen and oxygen atoms in total. The number of carbonyl (C=O) groups excluding carboxylic acids is 1. The van der Waals surface area contributed by atoms with Crippen LogP contribution in [0.2, 0.25) is 0 Å². The Labute approximate surface area is 160 Å². The van der Waals surface area contributed by atoms with Crippen molar-refractivity contribution >= 4 is 28.1 Å². The average Bonchev–Trinajstić information content (AvgIpc) is 2.66. The number of non-ortho nitro benzene ring substituents is 1. The second-order valence-corrected chi connectivity index (χ2v) is 6.23. The summed E-state index contributed by atoms with van der Waals surface area (Å²) >= 11 is 0. The van der Waals surface area contributed by atoms with Gasteiger partial charge in [-0.1, -0.05) is 30.3 Å². The Kier molecular flexibility index (Phi) is 6.21. The van der Waals surface area contributed by atoms with Crippen LogP contribution in [0.5, 0.6) is 0 Å². The summed E-state index contributed by atoms with van der Waals surface area (Å²) in [7, 11) is -2.03. The van der Waals surface area contributed by atoms with Gasteiger partial charge in [0.25, 0.3) is 5.69 Å². The standard InChI is InChI=1S/C17H14N2O8S/c1-27-15(20)13-4-2-3-5-14(13)17(16(21)22,18-28(25)26)10-11-6-8-12(9-7-11)19(23)24/h2-9H,10H2,1H3,(H,21,22)/t17-/m0/s1. The van der Waals surface area contributed by atoms with Crippen molar-refractivity contribution < 1.29 is 32.8 Å². The summed E-state index contributed by atoms with van der Waals surface area (Å²) in [5, 5.41) is 20.7. The number of hydrogen-bond acceptors (Lipinski definition) is 8. The summed E-state index contributed by atoms with van der Waals surface area (Å²) in [6.07, 6.45) is -0.470. The number of benzene rings is 2. The Hall–Kier alpha value is -3.60. The SMILES string of the molecule is COC(=O)c1ccccc1[C@](Cc1ccc([N+](=O)[O-])cc1)(N=S(=O)=O)C(=O)O. The number of ether oxygens (including phenoxy) is 1. The number of aliphatic carboxylic acids is 1. The molecule has 28 heavy (non-hydrogen) atoms. The van der Waals surface area contributed by atoms with Gasteiger partial charge in [0, 0.05) is 24.1 Å². The van der Waals surface area contributed by atoms with Gasteiger partial charge >= 0.3 is 22.4 Å². The smallest absolute Gasteiger partial charge is 0.338 e. The van der Waals surface area contributed by atoms with Gasteiger partial charge in [-0.25, -0.2) is 9.59 Å². The lowest BCUT2D eigenvalue weighted by Crippen LogP contribution is -2.38. The largest absolute Gasteiger partial charge is 0.479 e. The molecule has 0 amide bonds. The molecule has 0 heterocycles. The van der Waals surface area contributed by atoms with E-state index in [1.54, 1.807) is 0 Å². The zero-order chi connectivity index (χ0) is 20.9. The van der Waals surface area contributed by atoms with Crippen molar-refractivity contribution in [1.29, 1.82) is 0 Å².